The second-order valence-electron chi connectivity index (χ2n) is 7.57. The Morgan fingerprint density at radius 1 is 1.22 bits per heavy atom. The molecule has 2 aliphatic rings. The number of aliphatic hydroxyl groups excluding tert-OH is 1. The van der Waals surface area contributed by atoms with Gasteiger partial charge in [0.25, 0.3) is 5.91 Å². The molecule has 8 heteroatoms. The van der Waals surface area contributed by atoms with Gasteiger partial charge in [-0.1, -0.05) is 0 Å². The molecule has 3 heterocycles. The average molecular weight is 380 g/mol. The number of ether oxygens (including phenoxy) is 2. The monoisotopic (exact) mass is 380 g/mol. The summed E-state index contributed by atoms with van der Waals surface area (Å²) >= 11 is 0. The fourth-order valence-corrected chi connectivity index (χ4v) is 4.10. The van der Waals surface area contributed by atoms with Gasteiger partial charge in [-0.3, -0.25) is 14.5 Å². The molecule has 27 heavy (non-hydrogen) atoms. The normalized spacial score (nSPS) is 29.1. The van der Waals surface area contributed by atoms with E-state index in [4.69, 9.17) is 13.9 Å². The zero-order valence-corrected chi connectivity index (χ0v) is 16.1. The highest BCUT2D eigenvalue weighted by Gasteiger charge is 2.37. The minimum atomic E-state index is -0.391. The number of likely N-dealkylation sites (tertiary alicyclic amines) is 1. The van der Waals surface area contributed by atoms with Crippen molar-refractivity contribution in [1.82, 2.24) is 9.80 Å². The first-order chi connectivity index (χ1) is 12.9. The fourth-order valence-electron chi connectivity index (χ4n) is 4.10. The SMILES string of the molecule is COc1coc(C(=O)N2C[C@@H](CN3C[C@@H](C)O[C@@H](C)C3)[C@@H](CO)C2)cc1=O. The van der Waals surface area contributed by atoms with Gasteiger partial charge in [0.05, 0.1) is 19.3 Å². The predicted molar refractivity (Wildman–Crippen MR) is 97.9 cm³/mol. The predicted octanol–water partition coefficient (Wildman–Crippen LogP) is 0.438. The fraction of sp³-hybridized carbons (Fsp3) is 0.684. The molecule has 2 fully saturated rings. The molecule has 1 N–H and O–H groups in total. The van der Waals surface area contributed by atoms with Gasteiger partial charge in [-0.2, -0.15) is 0 Å². The second kappa shape index (κ2) is 8.41. The van der Waals surface area contributed by atoms with Crippen LogP contribution in [0.15, 0.2) is 21.5 Å². The number of morpholine rings is 1. The van der Waals surface area contributed by atoms with E-state index < -0.39 is 5.43 Å². The van der Waals surface area contributed by atoms with Gasteiger partial charge in [0.1, 0.15) is 6.26 Å². The van der Waals surface area contributed by atoms with Gasteiger partial charge in [-0.15, -0.1) is 0 Å². The van der Waals surface area contributed by atoms with Gasteiger partial charge >= 0.3 is 0 Å². The van der Waals surface area contributed by atoms with Crippen molar-refractivity contribution >= 4 is 5.91 Å². The molecule has 2 aliphatic heterocycles. The number of aliphatic hydroxyl groups is 1. The lowest BCUT2D eigenvalue weighted by Gasteiger charge is -2.37. The molecule has 4 atom stereocenters. The summed E-state index contributed by atoms with van der Waals surface area (Å²) < 4.78 is 15.9. The topological polar surface area (TPSA) is 92.5 Å². The van der Waals surface area contributed by atoms with E-state index in [1.54, 1.807) is 4.90 Å². The van der Waals surface area contributed by atoms with Crippen molar-refractivity contribution in [3.63, 3.8) is 0 Å². The largest absolute Gasteiger partial charge is 0.490 e. The molecule has 1 aromatic rings. The molecule has 0 radical (unpaired) electrons. The molecule has 0 bridgehead atoms. The van der Waals surface area contributed by atoms with E-state index >= 15 is 0 Å². The number of carbonyl (C=O) groups excluding carboxylic acids is 1. The van der Waals surface area contributed by atoms with Crippen molar-refractivity contribution in [2.45, 2.75) is 26.1 Å². The van der Waals surface area contributed by atoms with E-state index in [1.165, 1.54) is 7.11 Å². The van der Waals surface area contributed by atoms with E-state index in [0.29, 0.717) is 13.1 Å². The maximum absolute atomic E-state index is 12.7. The van der Waals surface area contributed by atoms with Gasteiger partial charge in [-0.05, 0) is 19.8 Å². The van der Waals surface area contributed by atoms with E-state index in [0.717, 1.165) is 32.0 Å². The highest BCUT2D eigenvalue weighted by Crippen LogP contribution is 2.27. The van der Waals surface area contributed by atoms with Crippen molar-refractivity contribution in [2.24, 2.45) is 11.8 Å². The Labute approximate surface area is 158 Å². The van der Waals surface area contributed by atoms with Crippen molar-refractivity contribution in [1.29, 1.82) is 0 Å². The smallest absolute Gasteiger partial charge is 0.289 e. The highest BCUT2D eigenvalue weighted by atomic mass is 16.5. The summed E-state index contributed by atoms with van der Waals surface area (Å²) in [7, 11) is 1.37. The number of rotatable bonds is 5. The Morgan fingerprint density at radius 3 is 2.48 bits per heavy atom. The van der Waals surface area contributed by atoms with Crippen molar-refractivity contribution in [3.05, 3.63) is 28.3 Å². The number of hydrogen-bond acceptors (Lipinski definition) is 7. The number of amides is 1. The quantitative estimate of drug-likeness (QED) is 0.792. The van der Waals surface area contributed by atoms with E-state index in [1.807, 2.05) is 0 Å². The van der Waals surface area contributed by atoms with Crippen LogP contribution in [0.4, 0.5) is 0 Å². The average Bonchev–Trinajstić information content (AvgIpc) is 3.03. The zero-order valence-electron chi connectivity index (χ0n) is 16.1. The van der Waals surface area contributed by atoms with Gasteiger partial charge in [0.15, 0.2) is 5.76 Å². The summed E-state index contributed by atoms with van der Waals surface area (Å²) in [5, 5.41) is 9.78. The van der Waals surface area contributed by atoms with Crippen molar-refractivity contribution < 1.29 is 23.8 Å². The molecular formula is C19H28N2O6. The Hall–Kier alpha value is -1.90. The van der Waals surface area contributed by atoms with E-state index in [2.05, 4.69) is 18.7 Å². The maximum atomic E-state index is 12.7. The molecule has 0 saturated carbocycles. The third-order valence-corrected chi connectivity index (χ3v) is 5.31. The molecule has 0 aromatic carbocycles. The summed E-state index contributed by atoms with van der Waals surface area (Å²) in [6.45, 7) is 7.62. The zero-order chi connectivity index (χ0) is 19.6. The van der Waals surface area contributed by atoms with Crippen LogP contribution in [0.25, 0.3) is 0 Å². The van der Waals surface area contributed by atoms with Crippen LogP contribution in [0.1, 0.15) is 24.4 Å². The van der Waals surface area contributed by atoms with Crippen LogP contribution in [0, 0.1) is 11.8 Å². The summed E-state index contributed by atoms with van der Waals surface area (Å²) in [4.78, 5) is 28.6. The molecule has 3 rings (SSSR count). The van der Waals surface area contributed by atoms with Crippen LogP contribution < -0.4 is 10.2 Å². The second-order valence-corrected chi connectivity index (χ2v) is 7.57. The first-order valence-electron chi connectivity index (χ1n) is 9.36. The molecular weight excluding hydrogens is 352 g/mol. The number of methoxy groups -OCH3 is 1. The van der Waals surface area contributed by atoms with Crippen LogP contribution in [-0.2, 0) is 4.74 Å². The summed E-state index contributed by atoms with van der Waals surface area (Å²) in [5.74, 6) is -0.102. The maximum Gasteiger partial charge on any atom is 0.289 e. The Kier molecular flexibility index (Phi) is 6.18. The lowest BCUT2D eigenvalue weighted by molar-refractivity contribution is -0.0726. The molecule has 2 saturated heterocycles. The van der Waals surface area contributed by atoms with E-state index in [9.17, 15) is 14.7 Å². The molecule has 8 nitrogen and oxygen atoms in total. The van der Waals surface area contributed by atoms with E-state index in [-0.39, 0.29) is 48.1 Å². The molecule has 150 valence electrons. The standard InChI is InChI=1S/C19H28N2O6/c1-12-5-20(6-13(2)27-12)7-14-8-21(9-15(14)10-22)19(24)17-4-16(23)18(25-3)11-26-17/h4,11-15,22H,5-10H2,1-3H3/t12-,13+,14-,15-/m1/s1. The lowest BCUT2D eigenvalue weighted by atomic mass is 9.96. The van der Waals surface area contributed by atoms with Gasteiger partial charge in [0.2, 0.25) is 11.2 Å². The van der Waals surface area contributed by atoms with Crippen LogP contribution >= 0.6 is 0 Å². The van der Waals surface area contributed by atoms with Gasteiger partial charge < -0.3 is 23.9 Å². The first-order valence-corrected chi connectivity index (χ1v) is 9.36. The van der Waals surface area contributed by atoms with Gasteiger partial charge in [-0.25, -0.2) is 0 Å². The van der Waals surface area contributed by atoms with Crippen molar-refractivity contribution in [2.75, 3.05) is 46.4 Å². The number of carbonyl (C=O) groups is 1. The van der Waals surface area contributed by atoms with Gasteiger partial charge in [0, 0.05) is 51.3 Å². The number of hydrogen-bond donors (Lipinski definition) is 1. The Morgan fingerprint density at radius 2 is 1.89 bits per heavy atom. The summed E-state index contributed by atoms with van der Waals surface area (Å²) in [6.07, 6.45) is 1.51. The summed E-state index contributed by atoms with van der Waals surface area (Å²) in [5.41, 5.74) is -0.391. The van der Waals surface area contributed by atoms with Crippen LogP contribution in [0.5, 0.6) is 5.75 Å². The lowest BCUT2D eigenvalue weighted by Crippen LogP contribution is -2.48. The Bertz CT molecular complexity index is 710. The van der Waals surface area contributed by atoms with Crippen LogP contribution in [0.3, 0.4) is 0 Å². The molecule has 1 amide bonds. The third-order valence-electron chi connectivity index (χ3n) is 5.31. The minimum Gasteiger partial charge on any atom is -0.490 e. The van der Waals surface area contributed by atoms with Crippen LogP contribution in [0.2, 0.25) is 0 Å². The molecule has 1 aromatic heterocycles. The highest BCUT2D eigenvalue weighted by molar-refractivity contribution is 5.91. The Balaban J connectivity index is 1.67. The molecule has 0 spiro atoms. The molecule has 0 unspecified atom stereocenters. The number of nitrogens with zero attached hydrogens (tertiary/aromatic N) is 2. The summed E-state index contributed by atoms with van der Waals surface area (Å²) in [6, 6.07) is 1.16. The first kappa shape index (κ1) is 19.9. The molecule has 0 aliphatic carbocycles. The van der Waals surface area contributed by atoms with Crippen LogP contribution in [-0.4, -0.2) is 79.5 Å². The minimum absolute atomic E-state index is 0.00683. The third kappa shape index (κ3) is 4.51. The van der Waals surface area contributed by atoms with Crippen molar-refractivity contribution in [3.8, 4) is 5.75 Å².